The van der Waals surface area contributed by atoms with Gasteiger partial charge in [-0.15, -0.1) is 0 Å². The van der Waals surface area contributed by atoms with E-state index in [2.05, 4.69) is 10.3 Å². The van der Waals surface area contributed by atoms with Crippen LogP contribution in [0.5, 0.6) is 0 Å². The van der Waals surface area contributed by atoms with E-state index in [1.165, 1.54) is 0 Å². The van der Waals surface area contributed by atoms with Crippen LogP contribution in [0.4, 0.5) is 5.69 Å². The fraction of sp³-hybridized carbons (Fsp3) is 0.440. The number of hydrogen-bond donors (Lipinski definition) is 1. The summed E-state index contributed by atoms with van der Waals surface area (Å²) in [6.45, 7) is 6.83. The molecule has 1 N–H and O–H groups in total. The summed E-state index contributed by atoms with van der Waals surface area (Å²) in [6.07, 6.45) is 2.62. The van der Waals surface area contributed by atoms with Gasteiger partial charge in [0.2, 0.25) is 5.91 Å². The number of hydrogen-bond acceptors (Lipinski definition) is 5. The molecule has 0 spiro atoms. The molecule has 1 aromatic carbocycles. The fourth-order valence-electron chi connectivity index (χ4n) is 5.02. The quantitative estimate of drug-likeness (QED) is 0.767. The van der Waals surface area contributed by atoms with E-state index in [0.29, 0.717) is 25.9 Å². The van der Waals surface area contributed by atoms with E-state index >= 15 is 0 Å². The Morgan fingerprint density at radius 1 is 1.03 bits per heavy atom. The molecule has 31 heavy (non-hydrogen) atoms. The molecule has 0 atom stereocenters. The van der Waals surface area contributed by atoms with Crippen LogP contribution in [0, 0.1) is 25.7 Å². The molecule has 6 nitrogen and oxygen atoms in total. The Bertz CT molecular complexity index is 997. The number of carbonyl (C=O) groups excluding carboxylic acids is 3. The highest BCUT2D eigenvalue weighted by Crippen LogP contribution is 2.40. The molecule has 1 saturated carbocycles. The fourth-order valence-corrected chi connectivity index (χ4v) is 5.02. The van der Waals surface area contributed by atoms with Gasteiger partial charge in [0.05, 0.1) is 17.6 Å². The maximum Gasteiger partial charge on any atom is 0.219 e. The van der Waals surface area contributed by atoms with E-state index in [9.17, 15) is 14.4 Å². The number of anilines is 1. The van der Waals surface area contributed by atoms with Crippen LogP contribution in [-0.4, -0.2) is 47.5 Å². The van der Waals surface area contributed by atoms with Crippen molar-refractivity contribution in [1.82, 2.24) is 9.88 Å². The van der Waals surface area contributed by atoms with Gasteiger partial charge in [0.15, 0.2) is 0 Å². The second-order valence-corrected chi connectivity index (χ2v) is 8.92. The summed E-state index contributed by atoms with van der Waals surface area (Å²) in [5.41, 5.74) is 5.53. The SMILES string of the molecule is CNc1ccc(-c2cc(C)c(C3C(=O)CC(C4CN(C(C)=O)C4)CC3=O)c(C)c2)nc1. The van der Waals surface area contributed by atoms with E-state index in [1.54, 1.807) is 18.0 Å². The third kappa shape index (κ3) is 3.99. The van der Waals surface area contributed by atoms with Crippen LogP contribution in [0.3, 0.4) is 0 Å². The van der Waals surface area contributed by atoms with Crippen molar-refractivity contribution in [2.45, 2.75) is 39.5 Å². The van der Waals surface area contributed by atoms with Gasteiger partial charge in [0.1, 0.15) is 17.5 Å². The summed E-state index contributed by atoms with van der Waals surface area (Å²) < 4.78 is 0. The van der Waals surface area contributed by atoms with Gasteiger partial charge in [0, 0.05) is 45.5 Å². The number of likely N-dealkylation sites (tertiary alicyclic amines) is 1. The maximum atomic E-state index is 13.1. The number of amides is 1. The van der Waals surface area contributed by atoms with Crippen molar-refractivity contribution in [3.05, 3.63) is 47.2 Å². The van der Waals surface area contributed by atoms with Crippen molar-refractivity contribution < 1.29 is 14.4 Å². The molecule has 2 aliphatic rings. The molecule has 1 amide bonds. The second-order valence-electron chi connectivity index (χ2n) is 8.92. The number of benzene rings is 1. The molecule has 0 unspecified atom stereocenters. The van der Waals surface area contributed by atoms with Crippen LogP contribution < -0.4 is 5.32 Å². The predicted molar refractivity (Wildman–Crippen MR) is 120 cm³/mol. The van der Waals surface area contributed by atoms with Gasteiger partial charge in [0.25, 0.3) is 0 Å². The lowest BCUT2D eigenvalue weighted by Crippen LogP contribution is -2.53. The largest absolute Gasteiger partial charge is 0.387 e. The molecule has 4 rings (SSSR count). The normalized spacial score (nSPS) is 21.7. The summed E-state index contributed by atoms with van der Waals surface area (Å²) >= 11 is 0. The lowest BCUT2D eigenvalue weighted by molar-refractivity contribution is -0.140. The molecule has 1 aromatic heterocycles. The zero-order valence-electron chi connectivity index (χ0n) is 18.6. The molecular formula is C25H29N3O3. The smallest absolute Gasteiger partial charge is 0.219 e. The first-order valence-electron chi connectivity index (χ1n) is 10.8. The number of nitrogens with zero attached hydrogens (tertiary/aromatic N) is 2. The number of pyridine rings is 1. The van der Waals surface area contributed by atoms with Crippen LogP contribution in [0.15, 0.2) is 30.5 Å². The number of aryl methyl sites for hydroxylation is 2. The monoisotopic (exact) mass is 419 g/mol. The van der Waals surface area contributed by atoms with Gasteiger partial charge in [-0.05, 0) is 66.6 Å². The highest BCUT2D eigenvalue weighted by molar-refractivity contribution is 6.10. The lowest BCUT2D eigenvalue weighted by Gasteiger charge is -2.44. The number of Topliss-reactive ketones (excluding diaryl/α,β-unsaturated/α-hetero) is 2. The van der Waals surface area contributed by atoms with Crippen molar-refractivity contribution in [2.75, 3.05) is 25.5 Å². The Morgan fingerprint density at radius 2 is 1.65 bits per heavy atom. The highest BCUT2D eigenvalue weighted by Gasteiger charge is 2.44. The molecule has 0 bridgehead atoms. The van der Waals surface area contributed by atoms with Gasteiger partial charge in [-0.1, -0.05) is 0 Å². The maximum absolute atomic E-state index is 13.1. The summed E-state index contributed by atoms with van der Waals surface area (Å²) in [6, 6.07) is 7.98. The molecule has 6 heteroatoms. The van der Waals surface area contributed by atoms with Crippen molar-refractivity contribution >= 4 is 23.2 Å². The number of aromatic nitrogens is 1. The predicted octanol–water partition coefficient (Wildman–Crippen LogP) is 3.52. The zero-order valence-corrected chi connectivity index (χ0v) is 18.6. The Balaban J connectivity index is 1.54. The first kappa shape index (κ1) is 21.2. The minimum atomic E-state index is -0.672. The van der Waals surface area contributed by atoms with Gasteiger partial charge >= 0.3 is 0 Å². The topological polar surface area (TPSA) is 79.4 Å². The molecule has 0 radical (unpaired) electrons. The Labute approximate surface area is 183 Å². The van der Waals surface area contributed by atoms with E-state index in [4.69, 9.17) is 0 Å². The second kappa shape index (κ2) is 8.25. The van der Waals surface area contributed by atoms with Crippen LogP contribution in [0.1, 0.15) is 42.4 Å². The van der Waals surface area contributed by atoms with E-state index in [0.717, 1.165) is 33.6 Å². The van der Waals surface area contributed by atoms with Crippen LogP contribution >= 0.6 is 0 Å². The van der Waals surface area contributed by atoms with Crippen LogP contribution in [0.25, 0.3) is 11.3 Å². The number of rotatable bonds is 4. The summed E-state index contributed by atoms with van der Waals surface area (Å²) in [5.74, 6) is -0.274. The van der Waals surface area contributed by atoms with Gasteiger partial charge in [-0.25, -0.2) is 0 Å². The van der Waals surface area contributed by atoms with Crippen molar-refractivity contribution in [2.24, 2.45) is 11.8 Å². The summed E-state index contributed by atoms with van der Waals surface area (Å²) in [4.78, 5) is 43.9. The minimum Gasteiger partial charge on any atom is -0.387 e. The molecule has 2 heterocycles. The Hall–Kier alpha value is -3.02. The van der Waals surface area contributed by atoms with Crippen molar-refractivity contribution in [3.63, 3.8) is 0 Å². The third-order valence-corrected chi connectivity index (χ3v) is 6.82. The zero-order chi connectivity index (χ0) is 22.3. The Morgan fingerprint density at radius 3 is 2.13 bits per heavy atom. The van der Waals surface area contributed by atoms with Gasteiger partial charge < -0.3 is 10.2 Å². The number of nitrogens with one attached hydrogen (secondary N) is 1. The van der Waals surface area contributed by atoms with Crippen LogP contribution in [-0.2, 0) is 14.4 Å². The lowest BCUT2D eigenvalue weighted by atomic mass is 9.69. The average Bonchev–Trinajstić information content (AvgIpc) is 2.68. The van der Waals surface area contributed by atoms with E-state index in [-0.39, 0.29) is 29.3 Å². The minimum absolute atomic E-state index is 0.0120. The number of ketones is 2. The third-order valence-electron chi connectivity index (χ3n) is 6.82. The molecule has 2 aromatic rings. The average molecular weight is 420 g/mol. The van der Waals surface area contributed by atoms with E-state index < -0.39 is 5.92 Å². The van der Waals surface area contributed by atoms with E-state index in [1.807, 2.05) is 45.2 Å². The molecular weight excluding hydrogens is 390 g/mol. The molecule has 2 fully saturated rings. The summed E-state index contributed by atoms with van der Waals surface area (Å²) in [7, 11) is 1.85. The first-order chi connectivity index (χ1) is 14.8. The standard InChI is InChI=1S/C25H29N3O3/c1-14-7-18(21-6-5-20(26-4)11-27-21)8-15(2)24(14)25-22(30)9-17(10-23(25)31)19-12-28(13-19)16(3)29/h5-8,11,17,19,25-26H,9-10,12-13H2,1-4H3. The van der Waals surface area contributed by atoms with Gasteiger partial charge in [-0.3, -0.25) is 19.4 Å². The molecule has 162 valence electrons. The highest BCUT2D eigenvalue weighted by atomic mass is 16.2. The first-order valence-corrected chi connectivity index (χ1v) is 10.8. The molecule has 1 saturated heterocycles. The molecule has 1 aliphatic heterocycles. The van der Waals surface area contributed by atoms with Crippen LogP contribution in [0.2, 0.25) is 0 Å². The Kier molecular flexibility index (Phi) is 5.65. The molecule has 1 aliphatic carbocycles. The summed E-state index contributed by atoms with van der Waals surface area (Å²) in [5, 5.41) is 3.06. The van der Waals surface area contributed by atoms with Crippen molar-refractivity contribution in [1.29, 1.82) is 0 Å². The van der Waals surface area contributed by atoms with Gasteiger partial charge in [-0.2, -0.15) is 0 Å². The van der Waals surface area contributed by atoms with Crippen molar-refractivity contribution in [3.8, 4) is 11.3 Å². The number of carbonyl (C=O) groups is 3.